The maximum atomic E-state index is 9.60. The molecule has 0 amide bonds. The third-order valence-corrected chi connectivity index (χ3v) is 3.63. The molecule has 20 heavy (non-hydrogen) atoms. The first-order valence-corrected chi connectivity index (χ1v) is 6.83. The fourth-order valence-electron chi connectivity index (χ4n) is 1.99. The molecule has 0 heterocycles. The zero-order chi connectivity index (χ0) is 14.5. The minimum atomic E-state index is 0.126. The van der Waals surface area contributed by atoms with Crippen LogP contribution in [0.3, 0.4) is 0 Å². The lowest BCUT2D eigenvalue weighted by molar-refractivity contribution is 0.372. The van der Waals surface area contributed by atoms with Gasteiger partial charge in [-0.1, -0.05) is 35.9 Å². The fourth-order valence-corrected chi connectivity index (χ4v) is 2.19. The molecule has 1 atom stereocenters. The molecule has 4 heteroatoms. The molecule has 0 aliphatic rings. The molecule has 0 saturated carbocycles. The molecule has 0 aliphatic carbocycles. The van der Waals surface area contributed by atoms with Crippen molar-refractivity contribution in [2.45, 2.75) is 19.5 Å². The van der Waals surface area contributed by atoms with Crippen LogP contribution >= 0.6 is 11.6 Å². The van der Waals surface area contributed by atoms with Gasteiger partial charge in [-0.05, 0) is 36.2 Å². The molecule has 3 nitrogen and oxygen atoms in total. The SMILES string of the molecule is COc1cc(C(C)NCc2ccccc2Cl)ccc1O. The molecule has 0 saturated heterocycles. The Hall–Kier alpha value is -1.71. The Balaban J connectivity index is 2.05. The second-order valence-corrected chi connectivity index (χ2v) is 5.03. The highest BCUT2D eigenvalue weighted by Crippen LogP contribution is 2.29. The van der Waals surface area contributed by atoms with Gasteiger partial charge in [0, 0.05) is 17.6 Å². The quantitative estimate of drug-likeness (QED) is 0.878. The van der Waals surface area contributed by atoms with Crippen molar-refractivity contribution in [3.05, 3.63) is 58.6 Å². The second kappa shape index (κ2) is 6.64. The minimum absolute atomic E-state index is 0.126. The van der Waals surface area contributed by atoms with E-state index in [1.807, 2.05) is 36.4 Å². The van der Waals surface area contributed by atoms with Crippen LogP contribution in [0.2, 0.25) is 5.02 Å². The van der Waals surface area contributed by atoms with E-state index in [2.05, 4.69) is 12.2 Å². The molecule has 0 radical (unpaired) electrons. The van der Waals surface area contributed by atoms with Gasteiger partial charge in [0.15, 0.2) is 11.5 Å². The van der Waals surface area contributed by atoms with Gasteiger partial charge in [0.1, 0.15) is 0 Å². The summed E-state index contributed by atoms with van der Waals surface area (Å²) in [6.07, 6.45) is 0. The Bertz CT molecular complexity index is 586. The lowest BCUT2D eigenvalue weighted by Crippen LogP contribution is -2.18. The molecule has 2 aromatic rings. The van der Waals surface area contributed by atoms with E-state index in [1.165, 1.54) is 0 Å². The summed E-state index contributed by atoms with van der Waals surface area (Å²) in [5, 5.41) is 13.8. The standard InChI is InChI=1S/C16H18ClNO2/c1-11(12-7-8-15(19)16(9-12)20-2)18-10-13-5-3-4-6-14(13)17/h3-9,11,18-19H,10H2,1-2H3. The number of halogens is 1. The Morgan fingerprint density at radius 2 is 2.00 bits per heavy atom. The highest BCUT2D eigenvalue weighted by Gasteiger charge is 2.09. The number of methoxy groups -OCH3 is 1. The van der Waals surface area contributed by atoms with E-state index in [0.29, 0.717) is 12.3 Å². The van der Waals surface area contributed by atoms with Crippen molar-refractivity contribution in [2.75, 3.05) is 7.11 Å². The van der Waals surface area contributed by atoms with Crippen molar-refractivity contribution in [1.29, 1.82) is 0 Å². The summed E-state index contributed by atoms with van der Waals surface area (Å²) in [4.78, 5) is 0. The average Bonchev–Trinajstić information content (AvgIpc) is 2.46. The zero-order valence-electron chi connectivity index (χ0n) is 11.6. The van der Waals surface area contributed by atoms with Crippen molar-refractivity contribution in [3.8, 4) is 11.5 Å². The highest BCUT2D eigenvalue weighted by atomic mass is 35.5. The molecule has 0 spiro atoms. The van der Waals surface area contributed by atoms with Crippen LogP contribution in [0.5, 0.6) is 11.5 Å². The van der Waals surface area contributed by atoms with Gasteiger partial charge in [0.05, 0.1) is 7.11 Å². The van der Waals surface area contributed by atoms with Crippen molar-refractivity contribution in [1.82, 2.24) is 5.32 Å². The average molecular weight is 292 g/mol. The maximum absolute atomic E-state index is 9.60. The van der Waals surface area contributed by atoms with Crippen LogP contribution in [0.25, 0.3) is 0 Å². The van der Waals surface area contributed by atoms with Crippen LogP contribution < -0.4 is 10.1 Å². The van der Waals surface area contributed by atoms with Crippen LogP contribution in [0, 0.1) is 0 Å². The molecule has 106 valence electrons. The molecule has 0 aromatic heterocycles. The van der Waals surface area contributed by atoms with Gasteiger partial charge < -0.3 is 15.2 Å². The number of phenols is 1. The lowest BCUT2D eigenvalue weighted by atomic mass is 10.1. The van der Waals surface area contributed by atoms with E-state index in [1.54, 1.807) is 13.2 Å². The second-order valence-electron chi connectivity index (χ2n) is 4.63. The van der Waals surface area contributed by atoms with Crippen molar-refractivity contribution in [2.24, 2.45) is 0 Å². The van der Waals surface area contributed by atoms with Gasteiger partial charge in [-0.25, -0.2) is 0 Å². The highest BCUT2D eigenvalue weighted by molar-refractivity contribution is 6.31. The Morgan fingerprint density at radius 3 is 2.70 bits per heavy atom. The van der Waals surface area contributed by atoms with E-state index in [4.69, 9.17) is 16.3 Å². The number of benzene rings is 2. The van der Waals surface area contributed by atoms with E-state index in [0.717, 1.165) is 16.1 Å². The molecule has 2 aromatic carbocycles. The Labute approximate surface area is 124 Å². The Kier molecular flexibility index (Phi) is 4.88. The maximum Gasteiger partial charge on any atom is 0.160 e. The summed E-state index contributed by atoms with van der Waals surface area (Å²) >= 11 is 6.13. The summed E-state index contributed by atoms with van der Waals surface area (Å²) in [6, 6.07) is 13.2. The number of rotatable bonds is 5. The number of nitrogens with one attached hydrogen (secondary N) is 1. The molecule has 1 unspecified atom stereocenters. The zero-order valence-corrected chi connectivity index (χ0v) is 12.3. The third kappa shape index (κ3) is 3.44. The van der Waals surface area contributed by atoms with E-state index < -0.39 is 0 Å². The van der Waals surface area contributed by atoms with Gasteiger partial charge in [-0.15, -0.1) is 0 Å². The van der Waals surface area contributed by atoms with Gasteiger partial charge >= 0.3 is 0 Å². The molecule has 2 rings (SSSR count). The van der Waals surface area contributed by atoms with Crippen LogP contribution in [0.4, 0.5) is 0 Å². The smallest absolute Gasteiger partial charge is 0.160 e. The van der Waals surface area contributed by atoms with E-state index >= 15 is 0 Å². The van der Waals surface area contributed by atoms with Gasteiger partial charge in [-0.2, -0.15) is 0 Å². The van der Waals surface area contributed by atoms with Crippen molar-refractivity contribution < 1.29 is 9.84 Å². The van der Waals surface area contributed by atoms with Gasteiger partial charge in [0.2, 0.25) is 0 Å². The molecular weight excluding hydrogens is 274 g/mol. The molecule has 0 bridgehead atoms. The van der Waals surface area contributed by atoms with E-state index in [9.17, 15) is 5.11 Å². The first-order chi connectivity index (χ1) is 9.61. The predicted molar refractivity (Wildman–Crippen MR) is 81.4 cm³/mol. The van der Waals surface area contributed by atoms with Crippen LogP contribution in [0.15, 0.2) is 42.5 Å². The molecule has 2 N–H and O–H groups in total. The summed E-state index contributed by atoms with van der Waals surface area (Å²) < 4.78 is 5.12. The summed E-state index contributed by atoms with van der Waals surface area (Å²) in [5.41, 5.74) is 2.11. The molecule has 0 fully saturated rings. The van der Waals surface area contributed by atoms with Gasteiger partial charge in [0.25, 0.3) is 0 Å². The fraction of sp³-hybridized carbons (Fsp3) is 0.250. The molecular formula is C16H18ClNO2. The summed E-state index contributed by atoms with van der Waals surface area (Å²) in [7, 11) is 1.54. The largest absolute Gasteiger partial charge is 0.504 e. The number of hydrogen-bond acceptors (Lipinski definition) is 3. The minimum Gasteiger partial charge on any atom is -0.504 e. The number of phenolic OH excluding ortho intramolecular Hbond substituents is 1. The normalized spacial score (nSPS) is 12.2. The Morgan fingerprint density at radius 1 is 1.25 bits per heavy atom. The van der Waals surface area contributed by atoms with Crippen molar-refractivity contribution in [3.63, 3.8) is 0 Å². The topological polar surface area (TPSA) is 41.5 Å². The summed E-state index contributed by atoms with van der Waals surface area (Å²) in [6.45, 7) is 2.74. The third-order valence-electron chi connectivity index (χ3n) is 3.26. The van der Waals surface area contributed by atoms with Crippen LogP contribution in [-0.2, 0) is 6.54 Å². The first-order valence-electron chi connectivity index (χ1n) is 6.45. The van der Waals surface area contributed by atoms with Gasteiger partial charge in [-0.3, -0.25) is 0 Å². The van der Waals surface area contributed by atoms with E-state index in [-0.39, 0.29) is 11.8 Å². The number of hydrogen-bond donors (Lipinski definition) is 2. The molecule has 0 aliphatic heterocycles. The predicted octanol–water partition coefficient (Wildman–Crippen LogP) is 3.91. The monoisotopic (exact) mass is 291 g/mol. The lowest BCUT2D eigenvalue weighted by Gasteiger charge is -2.16. The number of ether oxygens (including phenoxy) is 1. The number of aromatic hydroxyl groups is 1. The van der Waals surface area contributed by atoms with Crippen molar-refractivity contribution >= 4 is 11.6 Å². The van der Waals surface area contributed by atoms with Crippen LogP contribution in [0.1, 0.15) is 24.1 Å². The summed E-state index contributed by atoms with van der Waals surface area (Å²) in [5.74, 6) is 0.628. The van der Waals surface area contributed by atoms with Crippen LogP contribution in [-0.4, -0.2) is 12.2 Å². The first kappa shape index (κ1) is 14.7.